The van der Waals surface area contributed by atoms with Gasteiger partial charge in [-0.1, -0.05) is 6.07 Å². The minimum absolute atomic E-state index is 0.0559. The second-order valence-corrected chi connectivity index (χ2v) is 8.86. The van der Waals surface area contributed by atoms with Gasteiger partial charge in [-0.25, -0.2) is 9.97 Å². The molecule has 2 fully saturated rings. The highest BCUT2D eigenvalue weighted by molar-refractivity contribution is 5.92. The Morgan fingerprint density at radius 3 is 2.42 bits per heavy atom. The Hall–Kier alpha value is -3.85. The van der Waals surface area contributed by atoms with Gasteiger partial charge >= 0.3 is 0 Å². The van der Waals surface area contributed by atoms with Crippen LogP contribution in [0.25, 0.3) is 0 Å². The van der Waals surface area contributed by atoms with Crippen molar-refractivity contribution in [1.29, 1.82) is 0 Å². The third kappa shape index (κ3) is 5.68. The topological polar surface area (TPSA) is 89.1 Å². The van der Waals surface area contributed by atoms with E-state index < -0.39 is 0 Å². The fourth-order valence-electron chi connectivity index (χ4n) is 4.56. The molecule has 2 aromatic carbocycles. The summed E-state index contributed by atoms with van der Waals surface area (Å²) in [5, 5.41) is 3.09. The first-order valence-electron chi connectivity index (χ1n) is 12.3. The van der Waals surface area contributed by atoms with Crippen LogP contribution < -0.4 is 24.6 Å². The third-order valence-corrected chi connectivity index (χ3v) is 6.58. The zero-order valence-electron chi connectivity index (χ0n) is 20.4. The van der Waals surface area contributed by atoms with Crippen LogP contribution in [0, 0.1) is 5.92 Å². The zero-order chi connectivity index (χ0) is 24.7. The van der Waals surface area contributed by atoms with Crippen LogP contribution in [-0.2, 0) is 9.53 Å². The molecule has 9 heteroatoms. The summed E-state index contributed by atoms with van der Waals surface area (Å²) >= 11 is 0. The van der Waals surface area contributed by atoms with E-state index in [2.05, 4.69) is 37.2 Å². The fourth-order valence-corrected chi connectivity index (χ4v) is 4.56. The molecule has 1 N–H and O–H groups in total. The number of aromatic nitrogens is 2. The molecule has 0 spiro atoms. The summed E-state index contributed by atoms with van der Waals surface area (Å²) in [7, 11) is 1.62. The van der Waals surface area contributed by atoms with E-state index in [0.29, 0.717) is 36.3 Å². The number of rotatable bonds is 7. The second-order valence-electron chi connectivity index (χ2n) is 8.86. The maximum Gasteiger partial charge on any atom is 0.263 e. The summed E-state index contributed by atoms with van der Waals surface area (Å²) in [4.78, 5) is 26.3. The van der Waals surface area contributed by atoms with E-state index in [0.717, 1.165) is 50.5 Å². The largest absolute Gasteiger partial charge is 0.497 e. The molecular weight excluding hydrogens is 458 g/mol. The number of ether oxygens (including phenoxy) is 3. The molecule has 0 saturated carbocycles. The number of nitrogens with one attached hydrogen (secondary N) is 1. The molecule has 3 aromatic rings. The predicted octanol–water partition coefficient (Wildman–Crippen LogP) is 3.97. The minimum Gasteiger partial charge on any atom is -0.497 e. The van der Waals surface area contributed by atoms with Crippen LogP contribution in [0.15, 0.2) is 60.9 Å². The van der Waals surface area contributed by atoms with Gasteiger partial charge in [0.1, 0.15) is 11.5 Å². The van der Waals surface area contributed by atoms with Crippen molar-refractivity contribution in [2.24, 2.45) is 5.92 Å². The van der Waals surface area contributed by atoms with Gasteiger partial charge in [-0.3, -0.25) is 4.79 Å². The van der Waals surface area contributed by atoms with E-state index in [1.807, 2.05) is 36.4 Å². The van der Waals surface area contributed by atoms with Gasteiger partial charge in [-0.15, -0.1) is 0 Å². The molecule has 2 aliphatic rings. The molecule has 2 saturated heterocycles. The van der Waals surface area contributed by atoms with Crippen molar-refractivity contribution in [1.82, 2.24) is 9.97 Å². The van der Waals surface area contributed by atoms with Gasteiger partial charge in [0.2, 0.25) is 5.91 Å². The molecule has 9 nitrogen and oxygen atoms in total. The lowest BCUT2D eigenvalue weighted by atomic mass is 9.96. The number of carbonyl (C=O) groups excluding carboxylic acids is 1. The zero-order valence-corrected chi connectivity index (χ0v) is 20.4. The number of hydrogen-bond donors (Lipinski definition) is 1. The molecule has 0 bridgehead atoms. The number of amides is 1. The Bertz CT molecular complexity index is 1160. The molecule has 0 radical (unpaired) electrons. The Labute approximate surface area is 211 Å². The number of benzene rings is 2. The van der Waals surface area contributed by atoms with Crippen molar-refractivity contribution >= 4 is 23.1 Å². The van der Waals surface area contributed by atoms with Crippen LogP contribution in [-0.4, -0.2) is 62.4 Å². The lowest BCUT2D eigenvalue weighted by molar-refractivity contribution is -0.120. The van der Waals surface area contributed by atoms with Crippen molar-refractivity contribution in [2.45, 2.75) is 12.8 Å². The molecule has 3 heterocycles. The summed E-state index contributed by atoms with van der Waals surface area (Å²) in [6.45, 7) is 4.67. The molecule has 1 amide bonds. The summed E-state index contributed by atoms with van der Waals surface area (Å²) in [5.74, 6) is 2.46. The van der Waals surface area contributed by atoms with Crippen molar-refractivity contribution < 1.29 is 19.0 Å². The SMILES string of the molecule is COc1cccc(Oc2nccnc2N2CCC(C(=O)Nc3ccc(N4CCOCC4)cc3)CC2)c1. The molecule has 0 atom stereocenters. The number of methoxy groups -OCH3 is 1. The molecule has 1 aromatic heterocycles. The molecule has 188 valence electrons. The molecule has 0 aliphatic carbocycles. The monoisotopic (exact) mass is 489 g/mol. The number of morpholine rings is 1. The summed E-state index contributed by atoms with van der Waals surface area (Å²) < 4.78 is 16.7. The number of carbonyl (C=O) groups is 1. The first kappa shape index (κ1) is 23.9. The molecule has 2 aliphatic heterocycles. The number of anilines is 3. The van der Waals surface area contributed by atoms with Crippen LogP contribution in [0.4, 0.5) is 17.2 Å². The average molecular weight is 490 g/mol. The standard InChI is InChI=1S/C27H31N5O4/c1-34-23-3-2-4-24(19-23)36-27-25(28-11-12-29-27)32-13-9-20(10-14-32)26(33)30-21-5-7-22(8-6-21)31-15-17-35-18-16-31/h2-8,11-12,19-20H,9-10,13-18H2,1H3,(H,30,33). The first-order valence-corrected chi connectivity index (χ1v) is 12.3. The lowest BCUT2D eigenvalue weighted by Gasteiger charge is -2.32. The van der Waals surface area contributed by atoms with Crippen LogP contribution >= 0.6 is 0 Å². The molecule has 5 rings (SSSR count). The van der Waals surface area contributed by atoms with E-state index in [4.69, 9.17) is 14.2 Å². The van der Waals surface area contributed by atoms with Crippen molar-refractivity contribution in [2.75, 3.05) is 61.6 Å². The number of nitrogens with zero attached hydrogens (tertiary/aromatic N) is 4. The summed E-state index contributed by atoms with van der Waals surface area (Å²) in [5.41, 5.74) is 1.97. The number of piperidine rings is 1. The third-order valence-electron chi connectivity index (χ3n) is 6.58. The second kappa shape index (κ2) is 11.3. The Morgan fingerprint density at radius 2 is 1.67 bits per heavy atom. The summed E-state index contributed by atoms with van der Waals surface area (Å²) in [6, 6.07) is 15.4. The van der Waals surface area contributed by atoms with Gasteiger partial charge in [-0.2, -0.15) is 0 Å². The van der Waals surface area contributed by atoms with E-state index in [1.54, 1.807) is 19.5 Å². The van der Waals surface area contributed by atoms with Gasteiger partial charge < -0.3 is 29.3 Å². The maximum absolute atomic E-state index is 12.9. The van der Waals surface area contributed by atoms with Gasteiger partial charge in [0.25, 0.3) is 5.88 Å². The van der Waals surface area contributed by atoms with Crippen LogP contribution in [0.2, 0.25) is 0 Å². The first-order chi connectivity index (χ1) is 17.7. The highest BCUT2D eigenvalue weighted by Crippen LogP contribution is 2.32. The van der Waals surface area contributed by atoms with E-state index in [9.17, 15) is 4.79 Å². The maximum atomic E-state index is 12.9. The smallest absolute Gasteiger partial charge is 0.263 e. The fraction of sp³-hybridized carbons (Fsp3) is 0.370. The normalized spacial score (nSPS) is 16.5. The van der Waals surface area contributed by atoms with Gasteiger partial charge in [0.15, 0.2) is 5.82 Å². The van der Waals surface area contributed by atoms with Gasteiger partial charge in [0.05, 0.1) is 20.3 Å². The summed E-state index contributed by atoms with van der Waals surface area (Å²) in [6.07, 6.45) is 4.73. The van der Waals surface area contributed by atoms with E-state index in [1.165, 1.54) is 0 Å². The Morgan fingerprint density at radius 1 is 0.944 bits per heavy atom. The molecule has 0 unspecified atom stereocenters. The van der Waals surface area contributed by atoms with Crippen molar-refractivity contribution in [3.63, 3.8) is 0 Å². The molecular formula is C27H31N5O4. The van der Waals surface area contributed by atoms with E-state index in [-0.39, 0.29) is 11.8 Å². The van der Waals surface area contributed by atoms with Gasteiger partial charge in [-0.05, 0) is 49.2 Å². The average Bonchev–Trinajstić information content (AvgIpc) is 2.94. The van der Waals surface area contributed by atoms with Crippen LogP contribution in [0.3, 0.4) is 0 Å². The minimum atomic E-state index is -0.0559. The highest BCUT2D eigenvalue weighted by atomic mass is 16.5. The Kier molecular flexibility index (Phi) is 7.47. The van der Waals surface area contributed by atoms with Crippen LogP contribution in [0.5, 0.6) is 17.4 Å². The quantitative estimate of drug-likeness (QED) is 0.533. The Balaban J connectivity index is 1.17. The van der Waals surface area contributed by atoms with Gasteiger partial charge in [0, 0.05) is 61.9 Å². The van der Waals surface area contributed by atoms with Crippen molar-refractivity contribution in [3.05, 3.63) is 60.9 Å². The lowest BCUT2D eigenvalue weighted by Crippen LogP contribution is -2.38. The molecule has 36 heavy (non-hydrogen) atoms. The predicted molar refractivity (Wildman–Crippen MR) is 138 cm³/mol. The van der Waals surface area contributed by atoms with E-state index >= 15 is 0 Å². The number of hydrogen-bond acceptors (Lipinski definition) is 8. The van der Waals surface area contributed by atoms with Crippen molar-refractivity contribution in [3.8, 4) is 17.4 Å². The van der Waals surface area contributed by atoms with Crippen LogP contribution in [0.1, 0.15) is 12.8 Å². The highest BCUT2D eigenvalue weighted by Gasteiger charge is 2.27.